The molecule has 0 aliphatic rings. The number of pyridine rings is 1. The second kappa shape index (κ2) is 7.35. The number of aromatic hydroxyl groups is 1. The molecule has 0 saturated carbocycles. The molecule has 1 atom stereocenters. The van der Waals surface area contributed by atoms with Gasteiger partial charge < -0.3 is 5.11 Å². The normalized spacial score (nSPS) is 12.3. The summed E-state index contributed by atoms with van der Waals surface area (Å²) in [4.78, 5) is 17.0. The number of benzene rings is 1. The maximum absolute atomic E-state index is 12.5. The van der Waals surface area contributed by atoms with E-state index in [0.29, 0.717) is 17.5 Å². The van der Waals surface area contributed by atoms with Gasteiger partial charge in [-0.2, -0.15) is 5.26 Å². The molecule has 0 aliphatic carbocycles. The summed E-state index contributed by atoms with van der Waals surface area (Å²) >= 11 is 0. The highest BCUT2D eigenvalue weighted by Gasteiger charge is 2.20. The number of aromatic nitrogens is 1. The highest BCUT2D eigenvalue weighted by molar-refractivity contribution is 5.88. The summed E-state index contributed by atoms with van der Waals surface area (Å²) in [6.45, 7) is 9.35. The van der Waals surface area contributed by atoms with E-state index in [1.165, 1.54) is 4.57 Å². The molecule has 0 spiro atoms. The van der Waals surface area contributed by atoms with Crippen molar-refractivity contribution in [2.75, 3.05) is 0 Å². The van der Waals surface area contributed by atoms with Gasteiger partial charge in [-0.15, -0.1) is 0 Å². The number of hydrogen-bond donors (Lipinski definition) is 1. The number of hydrogen-bond acceptors (Lipinski definition) is 4. The summed E-state index contributed by atoms with van der Waals surface area (Å²) in [6.07, 6.45) is 2.20. The first kappa shape index (κ1) is 18.5. The molecule has 5 nitrogen and oxygen atoms in total. The van der Waals surface area contributed by atoms with Crippen molar-refractivity contribution in [2.45, 2.75) is 47.1 Å². The lowest BCUT2D eigenvalue weighted by molar-refractivity contribution is 0.372. The quantitative estimate of drug-likeness (QED) is 0.854. The second-order valence-corrected chi connectivity index (χ2v) is 6.28. The van der Waals surface area contributed by atoms with Crippen molar-refractivity contribution < 1.29 is 5.11 Å². The standard InChI is InChI=1S/C20H23N3O2/c1-6-14(4)23-19(24)16(10-21)15(5)17(20(23)25)11-22-18-12(2)8-7-9-13(18)3/h7-9,11,14,25H,6H2,1-5H3. The average molecular weight is 337 g/mol. The van der Waals surface area contributed by atoms with Crippen molar-refractivity contribution in [3.8, 4) is 11.9 Å². The van der Waals surface area contributed by atoms with Crippen molar-refractivity contribution >= 4 is 11.9 Å². The fraction of sp³-hybridized carbons (Fsp3) is 0.350. The molecule has 0 aliphatic heterocycles. The number of aryl methyl sites for hydroxylation is 2. The Morgan fingerprint density at radius 2 is 1.92 bits per heavy atom. The van der Waals surface area contributed by atoms with Gasteiger partial charge in [0.15, 0.2) is 0 Å². The molecule has 1 aromatic carbocycles. The smallest absolute Gasteiger partial charge is 0.271 e. The zero-order valence-corrected chi connectivity index (χ0v) is 15.3. The van der Waals surface area contributed by atoms with Crippen molar-refractivity contribution in [3.63, 3.8) is 0 Å². The maximum atomic E-state index is 12.5. The average Bonchev–Trinajstić information content (AvgIpc) is 2.57. The molecule has 130 valence electrons. The minimum absolute atomic E-state index is 0.0426. The first-order chi connectivity index (χ1) is 11.8. The molecule has 2 rings (SSSR count). The predicted octanol–water partition coefficient (Wildman–Crippen LogP) is 4.07. The molecular formula is C20H23N3O2. The van der Waals surface area contributed by atoms with Gasteiger partial charge in [-0.05, 0) is 50.8 Å². The van der Waals surface area contributed by atoms with Gasteiger partial charge in [0.25, 0.3) is 5.56 Å². The maximum Gasteiger partial charge on any atom is 0.271 e. The summed E-state index contributed by atoms with van der Waals surface area (Å²) in [5.41, 5.74) is 3.28. The van der Waals surface area contributed by atoms with E-state index >= 15 is 0 Å². The Bertz CT molecular complexity index is 913. The van der Waals surface area contributed by atoms with Crippen LogP contribution in [0, 0.1) is 32.1 Å². The number of nitriles is 1. The van der Waals surface area contributed by atoms with E-state index in [2.05, 4.69) is 4.99 Å². The van der Waals surface area contributed by atoms with Crippen LogP contribution in [0.4, 0.5) is 5.69 Å². The summed E-state index contributed by atoms with van der Waals surface area (Å²) in [6, 6.07) is 7.64. The van der Waals surface area contributed by atoms with Gasteiger partial charge in [-0.3, -0.25) is 14.4 Å². The zero-order chi connectivity index (χ0) is 18.7. The third kappa shape index (κ3) is 3.34. The van der Waals surface area contributed by atoms with E-state index in [4.69, 9.17) is 0 Å². The van der Waals surface area contributed by atoms with Gasteiger partial charge in [0.05, 0.1) is 11.3 Å². The topological polar surface area (TPSA) is 78.4 Å². The van der Waals surface area contributed by atoms with Crippen LogP contribution in [0.25, 0.3) is 0 Å². The third-order valence-corrected chi connectivity index (χ3v) is 4.59. The fourth-order valence-electron chi connectivity index (χ4n) is 2.83. The van der Waals surface area contributed by atoms with Crippen molar-refractivity contribution in [1.82, 2.24) is 4.57 Å². The number of nitrogens with zero attached hydrogens (tertiary/aromatic N) is 3. The molecular weight excluding hydrogens is 314 g/mol. The van der Waals surface area contributed by atoms with E-state index in [9.17, 15) is 15.2 Å². The Morgan fingerprint density at radius 1 is 1.32 bits per heavy atom. The Balaban J connectivity index is 2.72. The molecule has 1 heterocycles. The molecule has 0 saturated heterocycles. The summed E-state index contributed by atoms with van der Waals surface area (Å²) < 4.78 is 1.28. The van der Waals surface area contributed by atoms with Gasteiger partial charge in [0, 0.05) is 12.3 Å². The molecule has 5 heteroatoms. The van der Waals surface area contributed by atoms with Gasteiger partial charge in [0.2, 0.25) is 5.88 Å². The molecule has 0 radical (unpaired) electrons. The van der Waals surface area contributed by atoms with E-state index in [1.54, 1.807) is 13.1 Å². The molecule has 1 unspecified atom stereocenters. The van der Waals surface area contributed by atoms with Gasteiger partial charge >= 0.3 is 0 Å². The lowest BCUT2D eigenvalue weighted by Gasteiger charge is -2.18. The molecule has 2 aromatic rings. The van der Waals surface area contributed by atoms with E-state index < -0.39 is 5.56 Å². The second-order valence-electron chi connectivity index (χ2n) is 6.28. The van der Waals surface area contributed by atoms with Crippen molar-refractivity contribution in [2.24, 2.45) is 4.99 Å². The highest BCUT2D eigenvalue weighted by Crippen LogP contribution is 2.27. The first-order valence-corrected chi connectivity index (χ1v) is 8.31. The SMILES string of the molecule is CCC(C)n1c(O)c(C=Nc2c(C)cccc2C)c(C)c(C#N)c1=O. The number of aliphatic imine (C=N–C) groups is 1. The van der Waals surface area contributed by atoms with Gasteiger partial charge in [0.1, 0.15) is 11.6 Å². The molecule has 0 amide bonds. The van der Waals surface area contributed by atoms with Gasteiger partial charge in [-0.1, -0.05) is 25.1 Å². The molecule has 0 bridgehead atoms. The highest BCUT2D eigenvalue weighted by atomic mass is 16.3. The summed E-state index contributed by atoms with van der Waals surface area (Å²) in [5, 5.41) is 20.0. The van der Waals surface area contributed by atoms with Crippen LogP contribution in [0.2, 0.25) is 0 Å². The lowest BCUT2D eigenvalue weighted by atomic mass is 10.0. The minimum atomic E-state index is -0.462. The molecule has 1 aromatic heterocycles. The minimum Gasteiger partial charge on any atom is -0.494 e. The van der Waals surface area contributed by atoms with E-state index in [0.717, 1.165) is 16.8 Å². The number of rotatable bonds is 4. The van der Waals surface area contributed by atoms with E-state index in [-0.39, 0.29) is 17.5 Å². The molecule has 25 heavy (non-hydrogen) atoms. The Kier molecular flexibility index (Phi) is 5.43. The summed E-state index contributed by atoms with van der Waals surface area (Å²) in [5.74, 6) is -0.147. The zero-order valence-electron chi connectivity index (χ0n) is 15.3. The lowest BCUT2D eigenvalue weighted by Crippen LogP contribution is -2.27. The van der Waals surface area contributed by atoms with Crippen LogP contribution in [-0.2, 0) is 0 Å². The van der Waals surface area contributed by atoms with Crippen LogP contribution >= 0.6 is 0 Å². The monoisotopic (exact) mass is 337 g/mol. The Morgan fingerprint density at radius 3 is 2.44 bits per heavy atom. The molecule has 1 N–H and O–H groups in total. The largest absolute Gasteiger partial charge is 0.494 e. The van der Waals surface area contributed by atoms with Crippen LogP contribution in [-0.4, -0.2) is 15.9 Å². The third-order valence-electron chi connectivity index (χ3n) is 4.59. The predicted molar refractivity (Wildman–Crippen MR) is 100.0 cm³/mol. The van der Waals surface area contributed by atoms with Crippen LogP contribution in [0.5, 0.6) is 5.88 Å². The first-order valence-electron chi connectivity index (χ1n) is 8.31. The van der Waals surface area contributed by atoms with Crippen LogP contribution in [0.1, 0.15) is 54.1 Å². The van der Waals surface area contributed by atoms with Gasteiger partial charge in [-0.25, -0.2) is 0 Å². The van der Waals surface area contributed by atoms with Crippen LogP contribution in [0.15, 0.2) is 28.0 Å². The van der Waals surface area contributed by atoms with E-state index in [1.807, 2.05) is 52.0 Å². The molecule has 0 fully saturated rings. The Labute approximate surface area is 147 Å². The van der Waals surface area contributed by atoms with Crippen LogP contribution in [0.3, 0.4) is 0 Å². The van der Waals surface area contributed by atoms with Crippen molar-refractivity contribution in [1.29, 1.82) is 5.26 Å². The number of para-hydroxylation sites is 1. The van der Waals surface area contributed by atoms with Crippen molar-refractivity contribution in [3.05, 3.63) is 56.4 Å². The summed E-state index contributed by atoms with van der Waals surface area (Å²) in [7, 11) is 0. The fourth-order valence-corrected chi connectivity index (χ4v) is 2.83. The van der Waals surface area contributed by atoms with Crippen LogP contribution < -0.4 is 5.56 Å². The Hall–Kier alpha value is -2.87.